The first kappa shape index (κ1) is 40.8. The summed E-state index contributed by atoms with van der Waals surface area (Å²) in [6.45, 7) is 9.94. The van der Waals surface area contributed by atoms with Gasteiger partial charge in [-0.25, -0.2) is 52.7 Å². The molecule has 4 aromatic rings. The van der Waals surface area contributed by atoms with Crippen LogP contribution in [-0.4, -0.2) is 25.3 Å². The number of hydrogen-bond donors (Lipinski definition) is 1. The third-order valence-corrected chi connectivity index (χ3v) is 10.6. The van der Waals surface area contributed by atoms with Crippen LogP contribution >= 0.6 is 0 Å². The molecule has 282 valence electrons. The van der Waals surface area contributed by atoms with Gasteiger partial charge in [-0.2, -0.15) is 21.9 Å². The van der Waals surface area contributed by atoms with E-state index in [0.29, 0.717) is 27.7 Å². The Kier molecular flexibility index (Phi) is 12.5. The maximum atomic E-state index is 15.9. The number of halogens is 12. The zero-order valence-electron chi connectivity index (χ0n) is 29.4. The summed E-state index contributed by atoms with van der Waals surface area (Å²) in [6, 6.07) is 0.505. The molecule has 0 spiro atoms. The molecule has 4 aromatic carbocycles. The van der Waals surface area contributed by atoms with Gasteiger partial charge < -0.3 is 4.90 Å². The Balaban J connectivity index is 0.000000470. The number of nitrogens with one attached hydrogen (secondary N) is 1. The second-order valence-corrected chi connectivity index (χ2v) is 13.3. The minimum Gasteiger partial charge on any atom is -0.333 e. The Hall–Kier alpha value is -3.94. The van der Waals surface area contributed by atoms with Gasteiger partial charge in [0.2, 0.25) is 0 Å². The summed E-state index contributed by atoms with van der Waals surface area (Å²) in [6.07, 6.45) is 2.73. The van der Waals surface area contributed by atoms with Crippen LogP contribution in [0.2, 0.25) is 0 Å². The number of quaternary nitrogens is 1. The fraction of sp³-hybridized carbons (Fsp3) is 0.368. The molecule has 1 aliphatic carbocycles. The van der Waals surface area contributed by atoms with E-state index >= 15 is 35.1 Å². The Morgan fingerprint density at radius 3 is 0.923 bits per heavy atom. The Morgan fingerprint density at radius 1 is 0.442 bits per heavy atom. The monoisotopic (exact) mass is 747 g/mol. The third-order valence-electron chi connectivity index (χ3n) is 10.6. The van der Waals surface area contributed by atoms with Crippen molar-refractivity contribution < 1.29 is 57.6 Å². The zero-order valence-corrected chi connectivity index (χ0v) is 29.4. The van der Waals surface area contributed by atoms with Crippen LogP contribution in [-0.2, 0) is 0 Å². The standard InChI is InChI=1S/C28H16BF12.C10H21N/c1-9-21(13(30)5-17(34)25(9)38)29(22-10(2)26(39)18(35)6-14(22)31,23-11(3)27(40)19(36)7-15(23)32)24-12(4)28(41)20(37)8-16(24)33;1-3-11(4-2)10-8-6-5-7-9-10/h5-8H,1-4H3;10H,3-9H2,1-2H3/q-1;/p+1. The molecule has 14 heteroatoms. The molecule has 0 atom stereocenters. The lowest BCUT2D eigenvalue weighted by molar-refractivity contribution is -0.923. The van der Waals surface area contributed by atoms with Crippen LogP contribution in [0.15, 0.2) is 24.3 Å². The molecule has 5 rings (SSSR count). The van der Waals surface area contributed by atoms with Crippen molar-refractivity contribution in [3.63, 3.8) is 0 Å². The van der Waals surface area contributed by atoms with Crippen molar-refractivity contribution in [3.8, 4) is 0 Å². The van der Waals surface area contributed by atoms with Crippen LogP contribution in [0.5, 0.6) is 0 Å². The highest BCUT2D eigenvalue weighted by Gasteiger charge is 2.46. The van der Waals surface area contributed by atoms with Crippen molar-refractivity contribution in [2.75, 3.05) is 13.1 Å². The fourth-order valence-electron chi connectivity index (χ4n) is 8.25. The van der Waals surface area contributed by atoms with Gasteiger partial charge in [-0.15, -0.1) is 0 Å². The predicted octanol–water partition coefficient (Wildman–Crippen LogP) is 7.21. The van der Waals surface area contributed by atoms with Gasteiger partial charge in [-0.3, -0.25) is 0 Å². The van der Waals surface area contributed by atoms with E-state index in [2.05, 4.69) is 13.8 Å². The molecule has 1 fully saturated rings. The average molecular weight is 748 g/mol. The normalized spacial score (nSPS) is 13.8. The van der Waals surface area contributed by atoms with E-state index in [1.54, 1.807) is 0 Å². The molecule has 0 bridgehead atoms. The van der Waals surface area contributed by atoms with Crippen LogP contribution in [0.4, 0.5) is 52.7 Å². The predicted molar refractivity (Wildman–Crippen MR) is 177 cm³/mol. The lowest BCUT2D eigenvalue weighted by Gasteiger charge is -2.48. The largest absolute Gasteiger partial charge is 0.333 e. The summed E-state index contributed by atoms with van der Waals surface area (Å²) in [5.41, 5.74) is -9.90. The molecule has 0 radical (unpaired) electrons. The van der Waals surface area contributed by atoms with Crippen LogP contribution < -0.4 is 26.8 Å². The summed E-state index contributed by atoms with van der Waals surface area (Å²) < 4.78 is 181. The topological polar surface area (TPSA) is 4.44 Å². The quantitative estimate of drug-likeness (QED) is 0.116. The molecule has 52 heavy (non-hydrogen) atoms. The van der Waals surface area contributed by atoms with E-state index in [1.165, 1.54) is 45.2 Å². The van der Waals surface area contributed by atoms with E-state index in [1.807, 2.05) is 4.90 Å². The molecular weight excluding hydrogens is 709 g/mol. The molecule has 1 N–H and O–H groups in total. The van der Waals surface area contributed by atoms with Gasteiger partial charge in [-0.1, -0.05) is 6.42 Å². The lowest BCUT2D eigenvalue weighted by Crippen LogP contribution is -3.15. The van der Waals surface area contributed by atoms with Crippen molar-refractivity contribution in [2.24, 2.45) is 0 Å². The summed E-state index contributed by atoms with van der Waals surface area (Å²) >= 11 is 0. The van der Waals surface area contributed by atoms with Crippen molar-refractivity contribution in [1.82, 2.24) is 0 Å². The minimum atomic E-state index is -4.68. The molecule has 1 saturated carbocycles. The van der Waals surface area contributed by atoms with Crippen LogP contribution in [0.25, 0.3) is 0 Å². The minimum absolute atomic E-state index is 0.123. The van der Waals surface area contributed by atoms with Gasteiger partial charge in [0.05, 0.1) is 42.4 Å². The van der Waals surface area contributed by atoms with Gasteiger partial charge in [0, 0.05) is 24.3 Å². The van der Waals surface area contributed by atoms with Crippen molar-refractivity contribution in [3.05, 3.63) is 116 Å². The Labute approximate surface area is 294 Å². The smallest absolute Gasteiger partial charge is 0.161 e. The van der Waals surface area contributed by atoms with Gasteiger partial charge in [0.25, 0.3) is 0 Å². The van der Waals surface area contributed by atoms with Gasteiger partial charge in [-0.05, 0) is 89.5 Å². The first-order valence-electron chi connectivity index (χ1n) is 17.0. The Bertz CT molecular complexity index is 1730. The summed E-state index contributed by atoms with van der Waals surface area (Å²) in [7, 11) is 0. The van der Waals surface area contributed by atoms with Crippen LogP contribution in [0.1, 0.15) is 68.2 Å². The number of benzene rings is 4. The van der Waals surface area contributed by atoms with Crippen LogP contribution in [0.3, 0.4) is 0 Å². The number of hydrogen-bond acceptors (Lipinski definition) is 0. The molecule has 0 aliphatic heterocycles. The first-order valence-corrected chi connectivity index (χ1v) is 17.0. The summed E-state index contributed by atoms with van der Waals surface area (Å²) in [5.74, 6) is -22.3. The second-order valence-electron chi connectivity index (χ2n) is 13.3. The molecule has 1 nitrogen and oxygen atoms in total. The summed E-state index contributed by atoms with van der Waals surface area (Å²) in [5, 5.41) is 0. The van der Waals surface area contributed by atoms with E-state index in [-0.39, 0.29) is 24.3 Å². The highest BCUT2D eigenvalue weighted by molar-refractivity contribution is 7.20. The summed E-state index contributed by atoms with van der Waals surface area (Å²) in [4.78, 5) is 1.82. The molecule has 0 unspecified atom stereocenters. The molecule has 0 aromatic heterocycles. The zero-order chi connectivity index (χ0) is 39.0. The molecule has 0 saturated heterocycles. The van der Waals surface area contributed by atoms with Crippen LogP contribution in [0, 0.1) is 97.5 Å². The fourth-order valence-corrected chi connectivity index (χ4v) is 8.25. The second kappa shape index (κ2) is 16.0. The molecule has 0 heterocycles. The maximum Gasteiger partial charge on any atom is 0.161 e. The highest BCUT2D eigenvalue weighted by Crippen LogP contribution is 2.28. The third kappa shape index (κ3) is 6.94. The number of rotatable bonds is 7. The van der Waals surface area contributed by atoms with Gasteiger partial charge in [0.1, 0.15) is 6.15 Å². The lowest BCUT2D eigenvalue weighted by atomic mass is 9.11. The molecule has 0 amide bonds. The molecule has 1 aliphatic rings. The van der Waals surface area contributed by atoms with E-state index in [4.69, 9.17) is 0 Å². The van der Waals surface area contributed by atoms with E-state index in [9.17, 15) is 17.6 Å². The Morgan fingerprint density at radius 2 is 0.692 bits per heavy atom. The van der Waals surface area contributed by atoms with Gasteiger partial charge >= 0.3 is 0 Å². The highest BCUT2D eigenvalue weighted by atomic mass is 19.2. The first-order chi connectivity index (χ1) is 24.4. The molecular formula is C38H38BF12N. The SMILES string of the molecule is CC[NH+](CC)C1CCCCC1.Cc1c(F)c(F)cc(F)c1[B-](c1c(F)cc(F)c(F)c1C)(c1c(F)cc(F)c(F)c1C)c1c(F)cc(F)c(F)c1C. The van der Waals surface area contributed by atoms with Gasteiger partial charge in [0.15, 0.2) is 46.5 Å². The van der Waals surface area contributed by atoms with Crippen molar-refractivity contribution >= 4 is 28.0 Å². The van der Waals surface area contributed by atoms with Crippen molar-refractivity contribution in [2.45, 2.75) is 79.7 Å². The van der Waals surface area contributed by atoms with Crippen molar-refractivity contribution in [1.29, 1.82) is 0 Å². The average Bonchev–Trinajstić information content (AvgIpc) is 3.09. The maximum absolute atomic E-state index is 15.9. The van der Waals surface area contributed by atoms with E-state index < -0.39 is 120 Å². The van der Waals surface area contributed by atoms with E-state index in [0.717, 1.165) is 6.04 Å².